The van der Waals surface area contributed by atoms with Gasteiger partial charge in [-0.2, -0.15) is 5.10 Å². The summed E-state index contributed by atoms with van der Waals surface area (Å²) in [6.07, 6.45) is 1.69. The highest BCUT2D eigenvalue weighted by Crippen LogP contribution is 2.53. The van der Waals surface area contributed by atoms with E-state index in [0.717, 1.165) is 21.2 Å². The first-order chi connectivity index (χ1) is 17.2. The molecule has 5 unspecified atom stereocenters. The Bertz CT molecular complexity index is 1310. The number of aliphatic hydroxyl groups is 1. The van der Waals surface area contributed by atoms with E-state index in [-0.39, 0.29) is 36.0 Å². The summed E-state index contributed by atoms with van der Waals surface area (Å²) in [7, 11) is 0. The number of hydrogen-bond acceptors (Lipinski definition) is 7. The van der Waals surface area contributed by atoms with Crippen LogP contribution >= 0.6 is 11.6 Å². The first kappa shape index (κ1) is 23.9. The van der Waals surface area contributed by atoms with Crippen molar-refractivity contribution in [2.45, 2.75) is 56.0 Å². The van der Waals surface area contributed by atoms with E-state index < -0.39 is 24.2 Å². The molecule has 0 bridgehead atoms. The number of ether oxygens (including phenoxy) is 1. The van der Waals surface area contributed by atoms with Gasteiger partial charge in [-0.15, -0.1) is 0 Å². The van der Waals surface area contributed by atoms with Crippen LogP contribution in [0, 0.1) is 6.92 Å². The van der Waals surface area contributed by atoms with Crippen LogP contribution in [0.2, 0.25) is 5.15 Å². The summed E-state index contributed by atoms with van der Waals surface area (Å²) in [6, 6.07) is 2.65. The molecule has 0 radical (unpaired) electrons. The number of likely N-dealkylation sites (tertiary alicyclic amines) is 1. The molecule has 5 atom stereocenters. The van der Waals surface area contributed by atoms with Crippen LogP contribution in [0.3, 0.4) is 0 Å². The summed E-state index contributed by atoms with van der Waals surface area (Å²) in [5.74, 6) is -2.84. The molecule has 4 heterocycles. The molecule has 3 aliphatic rings. The Morgan fingerprint density at radius 1 is 1.25 bits per heavy atom. The molecule has 2 aliphatic heterocycles. The Kier molecular flexibility index (Phi) is 5.86. The van der Waals surface area contributed by atoms with Gasteiger partial charge in [0.15, 0.2) is 5.15 Å². The van der Waals surface area contributed by atoms with Crippen molar-refractivity contribution in [1.29, 1.82) is 0 Å². The monoisotopic (exact) mass is 522 g/mol. The minimum Gasteiger partial charge on any atom is -0.389 e. The Labute approximate surface area is 210 Å². The number of alkyl halides is 3. The lowest BCUT2D eigenvalue weighted by Gasteiger charge is -2.39. The Morgan fingerprint density at radius 2 is 2.06 bits per heavy atom. The van der Waals surface area contributed by atoms with Crippen molar-refractivity contribution in [2.75, 3.05) is 31.6 Å². The smallest absolute Gasteiger partial charge is 0.272 e. The van der Waals surface area contributed by atoms with Gasteiger partial charge in [-0.05, 0) is 43.1 Å². The molecule has 36 heavy (non-hydrogen) atoms. The molecule has 8 nitrogen and oxygen atoms in total. The topological polar surface area (TPSA) is 88.3 Å². The number of nitrogens with zero attached hydrogens (tertiary/aromatic N) is 5. The maximum Gasteiger partial charge on any atom is 0.272 e. The number of aryl methyl sites for hydroxylation is 1. The van der Waals surface area contributed by atoms with E-state index in [1.807, 2.05) is 24.0 Å². The number of hydrogen-bond donors (Lipinski definition) is 2. The fourth-order valence-corrected chi connectivity index (χ4v) is 5.62. The molecule has 192 valence electrons. The van der Waals surface area contributed by atoms with Crippen molar-refractivity contribution in [3.05, 3.63) is 40.8 Å². The molecule has 3 aromatic rings. The van der Waals surface area contributed by atoms with E-state index >= 15 is 4.39 Å². The van der Waals surface area contributed by atoms with Crippen molar-refractivity contribution in [3.8, 4) is 0 Å². The number of benzene rings is 1. The van der Waals surface area contributed by atoms with Crippen molar-refractivity contribution < 1.29 is 23.0 Å². The van der Waals surface area contributed by atoms with Crippen LogP contribution in [0.1, 0.15) is 35.9 Å². The lowest BCUT2D eigenvalue weighted by atomic mass is 9.84. The van der Waals surface area contributed by atoms with E-state index in [0.29, 0.717) is 37.4 Å². The summed E-state index contributed by atoms with van der Waals surface area (Å²) in [5.41, 5.74) is 2.83. The van der Waals surface area contributed by atoms with E-state index in [1.54, 1.807) is 6.20 Å². The zero-order chi connectivity index (χ0) is 25.2. The van der Waals surface area contributed by atoms with Crippen LogP contribution in [0.25, 0.3) is 10.9 Å². The number of halogens is 4. The SMILES string of the molecule is Cc1cc2cnc(Nc3cnn(C4CC4(F)F)c3Cl)nc2cc1C1CCN(C2COCC2O)CC1F. The fourth-order valence-electron chi connectivity index (χ4n) is 5.36. The molecule has 3 fully saturated rings. The van der Waals surface area contributed by atoms with Crippen LogP contribution < -0.4 is 5.32 Å². The van der Waals surface area contributed by atoms with Gasteiger partial charge in [-0.3, -0.25) is 4.90 Å². The first-order valence-corrected chi connectivity index (χ1v) is 12.4. The average molecular weight is 523 g/mol. The van der Waals surface area contributed by atoms with E-state index in [1.165, 1.54) is 6.20 Å². The summed E-state index contributed by atoms with van der Waals surface area (Å²) >= 11 is 6.27. The largest absolute Gasteiger partial charge is 0.389 e. The van der Waals surface area contributed by atoms with Crippen LogP contribution in [0.4, 0.5) is 24.8 Å². The number of aliphatic hydroxyl groups excluding tert-OH is 1. The Balaban J connectivity index is 1.22. The third-order valence-electron chi connectivity index (χ3n) is 7.50. The third kappa shape index (κ3) is 4.21. The normalized spacial score (nSPS) is 30.1. The van der Waals surface area contributed by atoms with E-state index in [2.05, 4.69) is 20.4 Å². The standard InChI is InChI=1S/C24H26ClF3N6O2/c1-12-4-13-7-29-23(32-18-8-30-34(22(18)25)21-6-24(21,27)28)31-17(13)5-15(12)14-2-3-33(9-16(14)26)19-10-36-11-20(19)35/h4-5,7-8,14,16,19-21,35H,2-3,6,9-11H2,1H3,(H,29,31,32). The van der Waals surface area contributed by atoms with Gasteiger partial charge in [0.25, 0.3) is 5.92 Å². The third-order valence-corrected chi connectivity index (χ3v) is 7.88. The molecular weight excluding hydrogens is 497 g/mol. The van der Waals surface area contributed by atoms with Gasteiger partial charge in [-0.1, -0.05) is 11.6 Å². The minimum atomic E-state index is -2.80. The summed E-state index contributed by atoms with van der Waals surface area (Å²) in [4.78, 5) is 10.9. The zero-order valence-corrected chi connectivity index (χ0v) is 20.3. The predicted octanol–water partition coefficient (Wildman–Crippen LogP) is 4.00. The van der Waals surface area contributed by atoms with Crippen molar-refractivity contribution in [2.24, 2.45) is 0 Å². The van der Waals surface area contributed by atoms with Gasteiger partial charge >= 0.3 is 0 Å². The van der Waals surface area contributed by atoms with E-state index in [4.69, 9.17) is 16.3 Å². The maximum atomic E-state index is 15.4. The van der Waals surface area contributed by atoms with E-state index in [9.17, 15) is 13.9 Å². The molecule has 1 saturated carbocycles. The van der Waals surface area contributed by atoms with Crippen LogP contribution in [-0.4, -0.2) is 80.3 Å². The Morgan fingerprint density at radius 3 is 2.75 bits per heavy atom. The van der Waals surface area contributed by atoms with Gasteiger partial charge in [0.2, 0.25) is 5.95 Å². The summed E-state index contributed by atoms with van der Waals surface area (Å²) < 4.78 is 48.7. The molecule has 2 aromatic heterocycles. The van der Waals surface area contributed by atoms with Crippen LogP contribution in [0.5, 0.6) is 0 Å². The van der Waals surface area contributed by atoms with Gasteiger partial charge in [0.1, 0.15) is 12.2 Å². The Hall–Kier alpha value is -2.47. The summed E-state index contributed by atoms with van der Waals surface area (Å²) in [5, 5.41) is 17.9. The highest BCUT2D eigenvalue weighted by atomic mass is 35.5. The molecule has 2 N–H and O–H groups in total. The quantitative estimate of drug-likeness (QED) is 0.523. The molecule has 0 amide bonds. The number of fused-ring (bicyclic) bond motifs is 1. The second kappa shape index (κ2) is 8.83. The second-order valence-corrected chi connectivity index (χ2v) is 10.3. The first-order valence-electron chi connectivity index (χ1n) is 12.0. The predicted molar refractivity (Wildman–Crippen MR) is 128 cm³/mol. The van der Waals surface area contributed by atoms with Crippen molar-refractivity contribution in [1.82, 2.24) is 24.6 Å². The maximum absolute atomic E-state index is 15.4. The molecule has 1 aromatic carbocycles. The molecular formula is C24H26ClF3N6O2. The number of aromatic nitrogens is 4. The molecule has 2 saturated heterocycles. The van der Waals surface area contributed by atoms with Gasteiger partial charge in [-0.25, -0.2) is 27.8 Å². The summed E-state index contributed by atoms with van der Waals surface area (Å²) in [6.45, 7) is 3.59. The number of piperidine rings is 1. The van der Waals surface area contributed by atoms with Crippen molar-refractivity contribution in [3.63, 3.8) is 0 Å². The molecule has 6 rings (SSSR count). The van der Waals surface area contributed by atoms with Crippen LogP contribution in [0.15, 0.2) is 24.5 Å². The lowest BCUT2D eigenvalue weighted by Crippen LogP contribution is -2.50. The van der Waals surface area contributed by atoms with Gasteiger partial charge in [0.05, 0.1) is 42.8 Å². The molecule has 1 aliphatic carbocycles. The van der Waals surface area contributed by atoms with Crippen LogP contribution in [-0.2, 0) is 4.74 Å². The lowest BCUT2D eigenvalue weighted by molar-refractivity contribution is 0.0352. The highest BCUT2D eigenvalue weighted by molar-refractivity contribution is 6.32. The number of rotatable bonds is 5. The average Bonchev–Trinajstić information content (AvgIpc) is 3.12. The highest BCUT2D eigenvalue weighted by Gasteiger charge is 2.59. The second-order valence-electron chi connectivity index (χ2n) is 9.94. The zero-order valence-electron chi connectivity index (χ0n) is 19.5. The van der Waals surface area contributed by atoms with Gasteiger partial charge < -0.3 is 15.2 Å². The molecule has 12 heteroatoms. The minimum absolute atomic E-state index is 0.0651. The number of nitrogens with one attached hydrogen (secondary N) is 1. The van der Waals surface area contributed by atoms with Crippen molar-refractivity contribution >= 4 is 34.1 Å². The molecule has 0 spiro atoms. The number of anilines is 2. The fraction of sp³-hybridized carbons (Fsp3) is 0.542. The van der Waals surface area contributed by atoms with Gasteiger partial charge in [0, 0.05) is 30.5 Å².